The highest BCUT2D eigenvalue weighted by molar-refractivity contribution is 5.77. The Morgan fingerprint density at radius 1 is 1.22 bits per heavy atom. The van der Waals surface area contributed by atoms with Gasteiger partial charge in [-0.2, -0.15) is 0 Å². The number of amides is 2. The average Bonchev–Trinajstić information content (AvgIpc) is 2.56. The zero-order valence-electron chi connectivity index (χ0n) is 11.4. The summed E-state index contributed by atoms with van der Waals surface area (Å²) in [6.07, 6.45) is 2.54. The highest BCUT2D eigenvalue weighted by atomic mass is 16.2. The maximum atomic E-state index is 12.3. The van der Waals surface area contributed by atoms with Crippen molar-refractivity contribution in [2.75, 3.05) is 46.8 Å². The SMILES string of the molecule is CN1CCCC(C2CN(C3CNC3)C(=O)N2C)C1. The van der Waals surface area contributed by atoms with Crippen LogP contribution in [0, 0.1) is 5.92 Å². The van der Waals surface area contributed by atoms with Crippen molar-refractivity contribution in [3.8, 4) is 0 Å². The first-order valence-corrected chi connectivity index (χ1v) is 7.09. The van der Waals surface area contributed by atoms with Crippen molar-refractivity contribution in [1.82, 2.24) is 20.0 Å². The summed E-state index contributed by atoms with van der Waals surface area (Å²) in [7, 11) is 4.17. The van der Waals surface area contributed by atoms with Gasteiger partial charge in [-0.25, -0.2) is 4.79 Å². The van der Waals surface area contributed by atoms with E-state index in [1.54, 1.807) is 0 Å². The molecular weight excluding hydrogens is 228 g/mol. The molecule has 102 valence electrons. The number of carbonyl (C=O) groups is 1. The fraction of sp³-hybridized carbons (Fsp3) is 0.923. The molecule has 3 heterocycles. The predicted molar refractivity (Wildman–Crippen MR) is 70.5 cm³/mol. The van der Waals surface area contributed by atoms with Gasteiger partial charge in [0.15, 0.2) is 0 Å². The van der Waals surface area contributed by atoms with Crippen LogP contribution in [0.15, 0.2) is 0 Å². The second-order valence-electron chi connectivity index (χ2n) is 6.09. The van der Waals surface area contributed by atoms with Gasteiger partial charge in [0.05, 0.1) is 12.1 Å². The molecule has 1 N–H and O–H groups in total. The summed E-state index contributed by atoms with van der Waals surface area (Å²) >= 11 is 0. The molecule has 0 aliphatic carbocycles. The zero-order valence-corrected chi connectivity index (χ0v) is 11.4. The van der Waals surface area contributed by atoms with Gasteiger partial charge in [-0.1, -0.05) is 0 Å². The van der Waals surface area contributed by atoms with Gasteiger partial charge in [-0.15, -0.1) is 0 Å². The Morgan fingerprint density at radius 3 is 2.61 bits per heavy atom. The zero-order chi connectivity index (χ0) is 12.7. The molecule has 0 aromatic carbocycles. The Kier molecular flexibility index (Phi) is 3.20. The van der Waals surface area contributed by atoms with E-state index >= 15 is 0 Å². The summed E-state index contributed by atoms with van der Waals surface area (Å²) in [5.41, 5.74) is 0. The summed E-state index contributed by atoms with van der Waals surface area (Å²) in [5.74, 6) is 0.649. The number of nitrogens with zero attached hydrogens (tertiary/aromatic N) is 3. The molecule has 0 saturated carbocycles. The summed E-state index contributed by atoms with van der Waals surface area (Å²) in [6, 6.07) is 1.09. The number of hydrogen-bond acceptors (Lipinski definition) is 3. The molecule has 0 spiro atoms. The monoisotopic (exact) mass is 252 g/mol. The smallest absolute Gasteiger partial charge is 0.320 e. The van der Waals surface area contributed by atoms with Crippen LogP contribution in [0.4, 0.5) is 4.79 Å². The van der Waals surface area contributed by atoms with Gasteiger partial charge in [0.1, 0.15) is 0 Å². The minimum Gasteiger partial charge on any atom is -0.323 e. The number of urea groups is 1. The number of likely N-dealkylation sites (N-methyl/N-ethyl adjacent to an activating group) is 1. The summed E-state index contributed by atoms with van der Waals surface area (Å²) < 4.78 is 0. The second-order valence-corrected chi connectivity index (χ2v) is 6.09. The van der Waals surface area contributed by atoms with Crippen LogP contribution in [-0.2, 0) is 0 Å². The molecule has 2 amide bonds. The molecule has 0 bridgehead atoms. The van der Waals surface area contributed by atoms with Crippen molar-refractivity contribution >= 4 is 6.03 Å². The number of piperidine rings is 1. The minimum atomic E-state index is 0.236. The van der Waals surface area contributed by atoms with Gasteiger partial charge in [0, 0.05) is 33.2 Å². The second kappa shape index (κ2) is 4.70. The number of rotatable bonds is 2. The molecular formula is C13H24N4O. The highest BCUT2D eigenvalue weighted by Crippen LogP contribution is 2.28. The van der Waals surface area contributed by atoms with E-state index in [-0.39, 0.29) is 6.03 Å². The predicted octanol–water partition coefficient (Wildman–Crippen LogP) is 0.0360. The quantitative estimate of drug-likeness (QED) is 0.754. The lowest BCUT2D eigenvalue weighted by atomic mass is 9.90. The lowest BCUT2D eigenvalue weighted by molar-refractivity contribution is 0.141. The third-order valence-corrected chi connectivity index (χ3v) is 4.83. The standard InChI is InChI=1S/C13H24N4O/c1-15-5-3-4-10(8-15)12-9-17(11-6-14-7-11)13(18)16(12)2/h10-12,14H,3-9H2,1-2H3. The van der Waals surface area contributed by atoms with Gasteiger partial charge < -0.3 is 20.0 Å². The topological polar surface area (TPSA) is 38.8 Å². The molecule has 2 atom stereocenters. The molecule has 3 fully saturated rings. The molecule has 2 unspecified atom stereocenters. The molecule has 3 rings (SSSR count). The number of carbonyl (C=O) groups excluding carboxylic acids is 1. The third-order valence-electron chi connectivity index (χ3n) is 4.83. The Hall–Kier alpha value is -0.810. The lowest BCUT2D eigenvalue weighted by Gasteiger charge is -2.36. The van der Waals surface area contributed by atoms with E-state index in [1.807, 2.05) is 11.9 Å². The van der Waals surface area contributed by atoms with Crippen LogP contribution in [0.1, 0.15) is 12.8 Å². The molecule has 3 saturated heterocycles. The van der Waals surface area contributed by atoms with Crippen LogP contribution in [0.5, 0.6) is 0 Å². The van der Waals surface area contributed by atoms with Gasteiger partial charge >= 0.3 is 6.03 Å². The van der Waals surface area contributed by atoms with Gasteiger partial charge in [0.25, 0.3) is 0 Å². The Morgan fingerprint density at radius 2 is 2.00 bits per heavy atom. The first-order chi connectivity index (χ1) is 8.66. The molecule has 18 heavy (non-hydrogen) atoms. The summed E-state index contributed by atoms with van der Waals surface area (Å²) in [6.45, 7) is 5.21. The van der Waals surface area contributed by atoms with Crippen LogP contribution >= 0.6 is 0 Å². The lowest BCUT2D eigenvalue weighted by Crippen LogP contribution is -2.58. The van der Waals surface area contributed by atoms with Crippen molar-refractivity contribution in [1.29, 1.82) is 0 Å². The fourth-order valence-electron chi connectivity index (χ4n) is 3.53. The first kappa shape index (κ1) is 12.2. The van der Waals surface area contributed by atoms with E-state index in [0.717, 1.165) is 26.2 Å². The Balaban J connectivity index is 1.67. The first-order valence-electron chi connectivity index (χ1n) is 7.09. The van der Waals surface area contributed by atoms with Crippen molar-refractivity contribution in [3.63, 3.8) is 0 Å². The van der Waals surface area contributed by atoms with Crippen LogP contribution in [0.3, 0.4) is 0 Å². The maximum absolute atomic E-state index is 12.3. The van der Waals surface area contributed by atoms with Gasteiger partial charge in [0.2, 0.25) is 0 Å². The Labute approximate surface area is 109 Å². The van der Waals surface area contributed by atoms with E-state index in [0.29, 0.717) is 18.0 Å². The highest BCUT2D eigenvalue weighted by Gasteiger charge is 2.43. The summed E-state index contributed by atoms with van der Waals surface area (Å²) in [5, 5.41) is 3.25. The number of nitrogens with one attached hydrogen (secondary N) is 1. The Bertz CT molecular complexity index is 331. The largest absolute Gasteiger partial charge is 0.323 e. The molecule has 0 aromatic heterocycles. The number of hydrogen-bond donors (Lipinski definition) is 1. The van der Waals surface area contributed by atoms with Crippen molar-refractivity contribution in [2.24, 2.45) is 5.92 Å². The third kappa shape index (κ3) is 1.99. The van der Waals surface area contributed by atoms with Gasteiger partial charge in [-0.3, -0.25) is 0 Å². The molecule has 3 aliphatic rings. The summed E-state index contributed by atoms with van der Waals surface area (Å²) in [4.78, 5) is 18.8. The maximum Gasteiger partial charge on any atom is 0.320 e. The molecule has 0 aromatic rings. The molecule has 3 aliphatic heterocycles. The van der Waals surface area contributed by atoms with Crippen LogP contribution in [0.25, 0.3) is 0 Å². The van der Waals surface area contributed by atoms with Crippen molar-refractivity contribution in [3.05, 3.63) is 0 Å². The van der Waals surface area contributed by atoms with E-state index in [2.05, 4.69) is 22.2 Å². The van der Waals surface area contributed by atoms with E-state index < -0.39 is 0 Å². The normalized spacial score (nSPS) is 35.1. The van der Waals surface area contributed by atoms with Gasteiger partial charge in [-0.05, 0) is 32.4 Å². The van der Waals surface area contributed by atoms with Crippen molar-refractivity contribution in [2.45, 2.75) is 24.9 Å². The fourth-order valence-corrected chi connectivity index (χ4v) is 3.53. The molecule has 5 nitrogen and oxygen atoms in total. The van der Waals surface area contributed by atoms with E-state index in [4.69, 9.17) is 0 Å². The van der Waals surface area contributed by atoms with Crippen LogP contribution < -0.4 is 5.32 Å². The molecule has 5 heteroatoms. The van der Waals surface area contributed by atoms with Crippen molar-refractivity contribution < 1.29 is 4.79 Å². The van der Waals surface area contributed by atoms with E-state index in [9.17, 15) is 4.79 Å². The van der Waals surface area contributed by atoms with Crippen LogP contribution in [0.2, 0.25) is 0 Å². The minimum absolute atomic E-state index is 0.236. The van der Waals surface area contributed by atoms with Crippen LogP contribution in [-0.4, -0.2) is 79.6 Å². The molecule has 0 radical (unpaired) electrons. The number of likely N-dealkylation sites (tertiary alicyclic amines) is 1. The van der Waals surface area contributed by atoms with E-state index in [1.165, 1.54) is 19.4 Å². The average molecular weight is 252 g/mol.